The van der Waals surface area contributed by atoms with Crippen molar-refractivity contribution in [1.29, 1.82) is 0 Å². The van der Waals surface area contributed by atoms with E-state index in [0.717, 1.165) is 109 Å². The molecule has 3 unspecified atom stereocenters. The highest BCUT2D eigenvalue weighted by Gasteiger charge is 2.28. The van der Waals surface area contributed by atoms with E-state index in [9.17, 15) is 19.4 Å². The highest BCUT2D eigenvalue weighted by atomic mass is 31.2. The quantitative estimate of drug-likeness (QED) is 0.0243. The first kappa shape index (κ1) is 87.4. The molecule has 0 aliphatic heterocycles. The standard InChI is InChI=1S/C82H143N2O6P/c1-6-8-10-12-14-16-18-20-22-24-26-28-30-32-34-36-37-38-39-40-41-42-43-44-45-46-47-48-50-52-54-56-58-60-62-64-66-68-70-72-74-76-82(86)83-80(79-90-91(87,88)89-78-77-84(3,4)5)81(85)75-73-71-69-67-65-63-61-59-57-55-53-51-49-35-33-31-29-27-25-23-21-19-17-15-13-11-9-7-2/h8,10,14,16,20,22,26,28,32,34,37-38,40-41,43-44,46-47,50,52,65,67,73,75,80-81,85H,6-7,9,11-13,15,17-19,21,23-25,27,29-31,33,35-36,39,42,45,48-49,51,53-64,66,68-72,74,76-79H2,1-5H3,(H-,83,86,87,88)/p+1/b10-8-,16-14-,22-20-,28-26-,34-32-,38-37-,41-40-,44-43-,47-46-,52-50-,67-65+,75-73+. The first-order valence-corrected chi connectivity index (χ1v) is 39.2. The maximum absolute atomic E-state index is 13.1. The van der Waals surface area contributed by atoms with Gasteiger partial charge in [0.2, 0.25) is 5.91 Å². The number of nitrogens with zero attached hydrogens (tertiary/aromatic N) is 1. The Balaban J connectivity index is 4.13. The van der Waals surface area contributed by atoms with Crippen molar-refractivity contribution in [2.75, 3.05) is 40.9 Å². The number of hydrogen-bond acceptors (Lipinski definition) is 5. The van der Waals surface area contributed by atoms with Crippen molar-refractivity contribution in [3.63, 3.8) is 0 Å². The third-order valence-electron chi connectivity index (χ3n) is 16.3. The van der Waals surface area contributed by atoms with Gasteiger partial charge in [-0.2, -0.15) is 0 Å². The van der Waals surface area contributed by atoms with E-state index < -0.39 is 20.0 Å². The molecule has 0 aromatic rings. The largest absolute Gasteiger partial charge is 0.472 e. The van der Waals surface area contributed by atoms with Crippen LogP contribution in [0.1, 0.15) is 316 Å². The summed E-state index contributed by atoms with van der Waals surface area (Å²) in [6.07, 6.45) is 109. The smallest absolute Gasteiger partial charge is 0.387 e. The normalized spacial score (nSPS) is 14.4. The molecule has 0 spiro atoms. The fourth-order valence-corrected chi connectivity index (χ4v) is 11.2. The number of amides is 1. The minimum atomic E-state index is -4.37. The van der Waals surface area contributed by atoms with Gasteiger partial charge in [-0.05, 0) is 109 Å². The van der Waals surface area contributed by atoms with Gasteiger partial charge in [0, 0.05) is 6.42 Å². The minimum absolute atomic E-state index is 0.0493. The molecule has 0 aromatic heterocycles. The van der Waals surface area contributed by atoms with Crippen molar-refractivity contribution in [2.45, 2.75) is 328 Å². The first-order valence-electron chi connectivity index (χ1n) is 37.7. The predicted molar refractivity (Wildman–Crippen MR) is 401 cm³/mol. The molecule has 1 amide bonds. The summed E-state index contributed by atoms with van der Waals surface area (Å²) in [5, 5.41) is 14.0. The predicted octanol–water partition coefficient (Wildman–Crippen LogP) is 24.7. The second kappa shape index (κ2) is 70.7. The number of quaternary nitrogens is 1. The Kier molecular flexibility index (Phi) is 67.9. The second-order valence-electron chi connectivity index (χ2n) is 26.3. The first-order chi connectivity index (χ1) is 44.5. The fourth-order valence-electron chi connectivity index (χ4n) is 10.5. The lowest BCUT2D eigenvalue weighted by atomic mass is 10.0. The van der Waals surface area contributed by atoms with Gasteiger partial charge < -0.3 is 19.8 Å². The van der Waals surface area contributed by atoms with Crippen LogP contribution >= 0.6 is 7.82 Å². The number of phosphoric ester groups is 1. The van der Waals surface area contributed by atoms with Crippen molar-refractivity contribution in [2.24, 2.45) is 0 Å². The number of carbonyl (C=O) groups excluding carboxylic acids is 1. The topological polar surface area (TPSA) is 105 Å². The van der Waals surface area contributed by atoms with E-state index in [1.54, 1.807) is 6.08 Å². The third kappa shape index (κ3) is 73.7. The molecule has 0 aliphatic rings. The van der Waals surface area contributed by atoms with Crippen molar-refractivity contribution in [1.82, 2.24) is 5.32 Å². The molecule has 0 rings (SSSR count). The van der Waals surface area contributed by atoms with Crippen molar-refractivity contribution >= 4 is 13.7 Å². The summed E-state index contributed by atoms with van der Waals surface area (Å²) < 4.78 is 23.8. The number of rotatable bonds is 68. The lowest BCUT2D eigenvalue weighted by molar-refractivity contribution is -0.870. The number of likely N-dealkylation sites (N-methyl/N-ethyl adjacent to an activating group) is 1. The van der Waals surface area contributed by atoms with Crippen molar-refractivity contribution < 1.29 is 32.9 Å². The molecule has 9 heteroatoms. The number of carbonyl (C=O) groups is 1. The van der Waals surface area contributed by atoms with E-state index in [1.807, 2.05) is 27.2 Å². The summed E-state index contributed by atoms with van der Waals surface area (Å²) in [6.45, 7) is 4.70. The molecule has 0 saturated heterocycles. The van der Waals surface area contributed by atoms with Gasteiger partial charge in [-0.3, -0.25) is 13.8 Å². The average molecular weight is 1290 g/mol. The van der Waals surface area contributed by atoms with E-state index in [1.165, 1.54) is 186 Å². The molecule has 91 heavy (non-hydrogen) atoms. The van der Waals surface area contributed by atoms with Gasteiger partial charge in [-0.1, -0.05) is 346 Å². The Morgan fingerprint density at radius 1 is 0.385 bits per heavy atom. The van der Waals surface area contributed by atoms with E-state index in [4.69, 9.17) is 9.05 Å². The zero-order valence-electron chi connectivity index (χ0n) is 59.8. The Labute approximate surface area is 563 Å². The summed E-state index contributed by atoms with van der Waals surface area (Å²) in [5.74, 6) is -0.194. The van der Waals surface area contributed by atoms with Crippen LogP contribution in [0.25, 0.3) is 0 Å². The molecule has 0 aromatic carbocycles. The maximum Gasteiger partial charge on any atom is 0.472 e. The number of unbranched alkanes of at least 4 members (excludes halogenated alkanes) is 33. The van der Waals surface area contributed by atoms with Crippen molar-refractivity contribution in [3.8, 4) is 0 Å². The van der Waals surface area contributed by atoms with Crippen molar-refractivity contribution in [3.05, 3.63) is 146 Å². The van der Waals surface area contributed by atoms with Gasteiger partial charge >= 0.3 is 7.82 Å². The number of nitrogens with one attached hydrogen (secondary N) is 1. The Hall–Kier alpha value is -3.62. The summed E-state index contributed by atoms with van der Waals surface area (Å²) >= 11 is 0. The summed E-state index contributed by atoms with van der Waals surface area (Å²) in [7, 11) is 1.54. The Morgan fingerprint density at radius 2 is 0.670 bits per heavy atom. The average Bonchev–Trinajstić information content (AvgIpc) is 3.59. The zero-order chi connectivity index (χ0) is 66.2. The molecular weight excluding hydrogens is 1140 g/mol. The molecule has 0 aliphatic carbocycles. The van der Waals surface area contributed by atoms with E-state index in [-0.39, 0.29) is 19.1 Å². The number of aliphatic hydroxyl groups excluding tert-OH is 1. The van der Waals surface area contributed by atoms with Crippen LogP contribution in [0.3, 0.4) is 0 Å². The molecule has 3 atom stereocenters. The van der Waals surface area contributed by atoms with E-state index >= 15 is 0 Å². The zero-order valence-corrected chi connectivity index (χ0v) is 60.7. The maximum atomic E-state index is 13.1. The van der Waals surface area contributed by atoms with Gasteiger partial charge in [0.15, 0.2) is 0 Å². The highest BCUT2D eigenvalue weighted by molar-refractivity contribution is 7.47. The molecule has 0 saturated carbocycles. The molecule has 0 radical (unpaired) electrons. The van der Waals surface area contributed by atoms with Gasteiger partial charge in [-0.25, -0.2) is 4.57 Å². The van der Waals surface area contributed by atoms with Crippen LogP contribution < -0.4 is 5.32 Å². The third-order valence-corrected chi connectivity index (χ3v) is 17.3. The molecule has 0 bridgehead atoms. The number of phosphoric acid groups is 1. The molecule has 0 fully saturated rings. The van der Waals surface area contributed by atoms with Gasteiger partial charge in [-0.15, -0.1) is 0 Å². The van der Waals surface area contributed by atoms with E-state index in [0.29, 0.717) is 17.4 Å². The molecular formula is C82H144N2O6P+. The Bertz CT molecular complexity index is 2000. The molecule has 8 nitrogen and oxygen atoms in total. The molecule has 522 valence electrons. The van der Waals surface area contributed by atoms with Crippen LogP contribution in [0.2, 0.25) is 0 Å². The minimum Gasteiger partial charge on any atom is -0.387 e. The van der Waals surface area contributed by atoms with Crippen LogP contribution in [0.5, 0.6) is 0 Å². The summed E-state index contributed by atoms with van der Waals surface area (Å²) in [6, 6.07) is -0.878. The van der Waals surface area contributed by atoms with Gasteiger partial charge in [0.1, 0.15) is 13.2 Å². The monoisotopic (exact) mass is 1280 g/mol. The highest BCUT2D eigenvalue weighted by Crippen LogP contribution is 2.43. The van der Waals surface area contributed by atoms with E-state index in [2.05, 4.69) is 153 Å². The summed E-state index contributed by atoms with van der Waals surface area (Å²) in [5.41, 5.74) is 0. The van der Waals surface area contributed by atoms with Crippen LogP contribution in [0.15, 0.2) is 146 Å². The van der Waals surface area contributed by atoms with Gasteiger partial charge in [0.05, 0.1) is 39.9 Å². The van der Waals surface area contributed by atoms with Crippen LogP contribution in [0.4, 0.5) is 0 Å². The van der Waals surface area contributed by atoms with Gasteiger partial charge in [0.25, 0.3) is 0 Å². The second-order valence-corrected chi connectivity index (χ2v) is 27.7. The SMILES string of the molecule is CC/C=C\C/C=C\C/C=C\C/C=C\C/C=C\C/C=C\C/C=C\C/C=C\C/C=C\C/C=C\CCCCCCCCCCCCC(=O)NC(COP(=O)(O)OCC[N+](C)(C)C)C(O)/C=C/CC/C=C/CCCCCCCCCCCCCCCCCCCCCCCC. The number of allylic oxidation sites excluding steroid dienone is 23. The fraction of sp³-hybridized carbons (Fsp3) is 0.695. The Morgan fingerprint density at radius 3 is 1.01 bits per heavy atom. The number of hydrogen-bond donors (Lipinski definition) is 3. The molecule has 0 heterocycles. The molecule has 3 N–H and O–H groups in total. The lowest BCUT2D eigenvalue weighted by Gasteiger charge is -2.25. The van der Waals surface area contributed by atoms with Crippen LogP contribution in [-0.4, -0.2) is 73.4 Å². The van der Waals surface area contributed by atoms with Crippen LogP contribution in [-0.2, 0) is 18.4 Å². The number of aliphatic hydroxyl groups is 1. The van der Waals surface area contributed by atoms with Crippen LogP contribution in [0, 0.1) is 0 Å². The lowest BCUT2D eigenvalue weighted by Crippen LogP contribution is -2.45. The summed E-state index contributed by atoms with van der Waals surface area (Å²) in [4.78, 5) is 23.5.